The molecule has 32 heavy (non-hydrogen) atoms. The minimum absolute atomic E-state index is 0.0788. The Balaban J connectivity index is 1.75. The number of rotatable bonds is 7. The third-order valence-corrected chi connectivity index (χ3v) is 7.91. The van der Waals surface area contributed by atoms with E-state index in [0.717, 1.165) is 23.4 Å². The number of piperidine rings is 1. The summed E-state index contributed by atoms with van der Waals surface area (Å²) < 4.78 is 28.2. The fourth-order valence-corrected chi connectivity index (χ4v) is 5.55. The Bertz CT molecular complexity index is 1050. The molecule has 1 aliphatic rings. The van der Waals surface area contributed by atoms with Crippen LogP contribution in [0.15, 0.2) is 30.3 Å². The highest BCUT2D eigenvalue weighted by Crippen LogP contribution is 2.28. The van der Waals surface area contributed by atoms with Gasteiger partial charge in [0.15, 0.2) is 0 Å². The lowest BCUT2D eigenvalue weighted by Crippen LogP contribution is -2.42. The van der Waals surface area contributed by atoms with Crippen LogP contribution in [0.4, 0.5) is 5.82 Å². The van der Waals surface area contributed by atoms with E-state index in [-0.39, 0.29) is 23.0 Å². The number of benzene rings is 1. The number of nitrogens with one attached hydrogen (secondary N) is 1. The van der Waals surface area contributed by atoms with E-state index in [0.29, 0.717) is 38.2 Å². The summed E-state index contributed by atoms with van der Waals surface area (Å²) in [6, 6.07) is 9.95. The highest BCUT2D eigenvalue weighted by atomic mass is 32.2. The van der Waals surface area contributed by atoms with Crippen LogP contribution in [0.2, 0.25) is 0 Å². The van der Waals surface area contributed by atoms with Gasteiger partial charge in [-0.15, -0.1) is 0 Å². The monoisotopic (exact) mass is 460 g/mol. The first kappa shape index (κ1) is 24.5. The van der Waals surface area contributed by atoms with Crippen molar-refractivity contribution >= 4 is 21.7 Å². The van der Waals surface area contributed by atoms with Gasteiger partial charge in [0.25, 0.3) is 0 Å². The lowest BCUT2D eigenvalue weighted by Gasteiger charge is -2.30. The van der Waals surface area contributed by atoms with Crippen LogP contribution in [0.25, 0.3) is 5.69 Å². The third-order valence-electron chi connectivity index (χ3n) is 5.95. The molecule has 3 rings (SSSR count). The van der Waals surface area contributed by atoms with Gasteiger partial charge in [-0.1, -0.05) is 46.2 Å². The predicted octanol–water partition coefficient (Wildman–Crippen LogP) is 4.26. The quantitative estimate of drug-likeness (QED) is 0.669. The van der Waals surface area contributed by atoms with E-state index in [1.165, 1.54) is 0 Å². The predicted molar refractivity (Wildman–Crippen MR) is 129 cm³/mol. The molecule has 0 bridgehead atoms. The molecule has 0 unspecified atom stereocenters. The van der Waals surface area contributed by atoms with E-state index in [9.17, 15) is 13.2 Å². The molecule has 1 aliphatic heterocycles. The normalized spacial score (nSPS) is 16.3. The average Bonchev–Trinajstić information content (AvgIpc) is 3.17. The molecule has 0 aliphatic carbocycles. The number of hydrogen-bond acceptors (Lipinski definition) is 4. The maximum atomic E-state index is 13.1. The smallest absolute Gasteiger partial charge is 0.228 e. The summed E-state index contributed by atoms with van der Waals surface area (Å²) in [5.41, 5.74) is 2.75. The summed E-state index contributed by atoms with van der Waals surface area (Å²) in [7, 11) is -3.23. The molecule has 2 aromatic rings. The van der Waals surface area contributed by atoms with Crippen molar-refractivity contribution in [3.8, 4) is 5.69 Å². The maximum absolute atomic E-state index is 13.1. The Morgan fingerprint density at radius 1 is 1.19 bits per heavy atom. The van der Waals surface area contributed by atoms with Gasteiger partial charge in [0.2, 0.25) is 15.9 Å². The van der Waals surface area contributed by atoms with Gasteiger partial charge >= 0.3 is 0 Å². The third kappa shape index (κ3) is 5.78. The number of unbranched alkanes of at least 4 members (excludes halogenated alkanes) is 1. The van der Waals surface area contributed by atoms with E-state index >= 15 is 0 Å². The number of sulfonamides is 1. The van der Waals surface area contributed by atoms with Gasteiger partial charge in [-0.2, -0.15) is 5.10 Å². The summed E-state index contributed by atoms with van der Waals surface area (Å²) in [6.45, 7) is 11.1. The topological polar surface area (TPSA) is 84.3 Å². The van der Waals surface area contributed by atoms with Gasteiger partial charge in [-0.3, -0.25) is 4.79 Å². The number of carbonyl (C=O) groups excluding carboxylic acids is 1. The number of anilines is 1. The number of hydrogen-bond donors (Lipinski definition) is 1. The van der Waals surface area contributed by atoms with Crippen molar-refractivity contribution in [2.75, 3.05) is 24.2 Å². The van der Waals surface area contributed by atoms with Gasteiger partial charge in [0.1, 0.15) is 5.82 Å². The first-order chi connectivity index (χ1) is 15.0. The number of aromatic nitrogens is 2. The number of carbonyl (C=O) groups is 1. The summed E-state index contributed by atoms with van der Waals surface area (Å²) in [5, 5.41) is 7.85. The second-order valence-corrected chi connectivity index (χ2v) is 11.8. The Kier molecular flexibility index (Phi) is 7.45. The SMILES string of the molecule is CCCCS(=O)(=O)N1CCC(C(=O)Nc2cc(C(C)(C)C)nn2-c2cccc(C)c2)CC1. The zero-order chi connectivity index (χ0) is 23.5. The van der Waals surface area contributed by atoms with Crippen LogP contribution in [0.3, 0.4) is 0 Å². The van der Waals surface area contributed by atoms with Crippen LogP contribution in [0.1, 0.15) is 64.6 Å². The molecule has 1 aromatic heterocycles. The fourth-order valence-electron chi connectivity index (χ4n) is 3.87. The highest BCUT2D eigenvalue weighted by molar-refractivity contribution is 7.89. The zero-order valence-electron chi connectivity index (χ0n) is 19.9. The molecule has 7 nitrogen and oxygen atoms in total. The molecule has 8 heteroatoms. The molecule has 1 saturated heterocycles. The lowest BCUT2D eigenvalue weighted by molar-refractivity contribution is -0.120. The minimum atomic E-state index is -3.23. The lowest BCUT2D eigenvalue weighted by atomic mass is 9.92. The number of aryl methyl sites for hydroxylation is 1. The zero-order valence-corrected chi connectivity index (χ0v) is 20.7. The second-order valence-electron chi connectivity index (χ2n) is 9.75. The van der Waals surface area contributed by atoms with E-state index in [1.807, 2.05) is 44.2 Å². The number of amides is 1. The Hall–Kier alpha value is -2.19. The van der Waals surface area contributed by atoms with Crippen molar-refractivity contribution in [2.24, 2.45) is 5.92 Å². The van der Waals surface area contributed by atoms with Crippen LogP contribution in [0, 0.1) is 12.8 Å². The second kappa shape index (κ2) is 9.75. The molecule has 176 valence electrons. The molecular weight excluding hydrogens is 424 g/mol. The Labute approximate surface area is 192 Å². The van der Waals surface area contributed by atoms with Gasteiger partial charge in [0.05, 0.1) is 17.1 Å². The molecule has 0 radical (unpaired) electrons. The molecular formula is C24H36N4O3S. The molecule has 1 N–H and O–H groups in total. The molecule has 0 atom stereocenters. The standard InChI is InChI=1S/C24H36N4O3S/c1-6-7-15-32(30,31)27-13-11-19(12-14-27)23(29)25-22-17-21(24(3,4)5)26-28(22)20-10-8-9-18(2)16-20/h8-10,16-17,19H,6-7,11-15H2,1-5H3,(H,25,29). The van der Waals surface area contributed by atoms with Crippen molar-refractivity contribution in [3.05, 3.63) is 41.6 Å². The molecule has 0 saturated carbocycles. The average molecular weight is 461 g/mol. The van der Waals surface area contributed by atoms with Crippen LogP contribution in [-0.2, 0) is 20.2 Å². The van der Waals surface area contributed by atoms with Crippen LogP contribution in [-0.4, -0.2) is 47.3 Å². The van der Waals surface area contributed by atoms with E-state index < -0.39 is 10.0 Å². The Morgan fingerprint density at radius 3 is 2.47 bits per heavy atom. The van der Waals surface area contributed by atoms with Crippen LogP contribution >= 0.6 is 0 Å². The van der Waals surface area contributed by atoms with Crippen LogP contribution < -0.4 is 5.32 Å². The van der Waals surface area contributed by atoms with Crippen molar-refractivity contribution in [2.45, 2.75) is 65.7 Å². The Morgan fingerprint density at radius 2 is 1.88 bits per heavy atom. The maximum Gasteiger partial charge on any atom is 0.228 e. The summed E-state index contributed by atoms with van der Waals surface area (Å²) in [4.78, 5) is 13.1. The van der Waals surface area contributed by atoms with Gasteiger partial charge in [-0.05, 0) is 43.9 Å². The summed E-state index contributed by atoms with van der Waals surface area (Å²) in [6.07, 6.45) is 2.58. The van der Waals surface area contributed by atoms with Crippen molar-refractivity contribution in [3.63, 3.8) is 0 Å². The molecule has 2 heterocycles. The highest BCUT2D eigenvalue weighted by Gasteiger charge is 2.31. The van der Waals surface area contributed by atoms with Crippen LogP contribution in [0.5, 0.6) is 0 Å². The van der Waals surface area contributed by atoms with Crippen molar-refractivity contribution < 1.29 is 13.2 Å². The summed E-state index contributed by atoms with van der Waals surface area (Å²) >= 11 is 0. The van der Waals surface area contributed by atoms with E-state index in [2.05, 4.69) is 26.1 Å². The van der Waals surface area contributed by atoms with Crippen molar-refractivity contribution in [1.82, 2.24) is 14.1 Å². The summed E-state index contributed by atoms with van der Waals surface area (Å²) in [5.74, 6) is 0.533. The molecule has 1 aromatic carbocycles. The van der Waals surface area contributed by atoms with E-state index in [1.54, 1.807) is 8.99 Å². The molecule has 0 spiro atoms. The molecule has 1 amide bonds. The van der Waals surface area contributed by atoms with Gasteiger partial charge in [0, 0.05) is 30.5 Å². The first-order valence-corrected chi connectivity index (χ1v) is 13.1. The largest absolute Gasteiger partial charge is 0.310 e. The fraction of sp³-hybridized carbons (Fsp3) is 0.583. The van der Waals surface area contributed by atoms with Gasteiger partial charge in [-0.25, -0.2) is 17.4 Å². The first-order valence-electron chi connectivity index (χ1n) is 11.5. The van der Waals surface area contributed by atoms with E-state index in [4.69, 9.17) is 5.10 Å². The minimum Gasteiger partial charge on any atom is -0.310 e. The molecule has 1 fully saturated rings. The van der Waals surface area contributed by atoms with Gasteiger partial charge < -0.3 is 5.32 Å². The van der Waals surface area contributed by atoms with Crippen molar-refractivity contribution in [1.29, 1.82) is 0 Å². The number of nitrogens with zero attached hydrogens (tertiary/aromatic N) is 3.